The Balaban J connectivity index is 2.02. The molecule has 4 rings (SSSR count). The molecule has 1 saturated heterocycles. The van der Waals surface area contributed by atoms with Gasteiger partial charge in [0.05, 0.1) is 5.56 Å². The van der Waals surface area contributed by atoms with E-state index >= 15 is 0 Å². The molecule has 0 saturated carbocycles. The highest BCUT2D eigenvalue weighted by atomic mass is 35.5. The fourth-order valence-corrected chi connectivity index (χ4v) is 4.12. The minimum Gasteiger partial charge on any atom is -0.354 e. The molecule has 1 aliphatic rings. The van der Waals surface area contributed by atoms with Crippen LogP contribution in [-0.4, -0.2) is 44.2 Å². The summed E-state index contributed by atoms with van der Waals surface area (Å²) >= 11 is 8.54. The zero-order valence-electron chi connectivity index (χ0n) is 12.7. The molecule has 0 radical (unpaired) electrons. The minimum absolute atomic E-state index is 0.480. The van der Waals surface area contributed by atoms with Crippen LogP contribution in [0.4, 0.5) is 5.82 Å². The van der Waals surface area contributed by atoms with E-state index in [0.717, 1.165) is 41.5 Å². The van der Waals surface area contributed by atoms with Crippen molar-refractivity contribution < 1.29 is 0 Å². The van der Waals surface area contributed by atoms with E-state index in [1.54, 1.807) is 0 Å². The van der Waals surface area contributed by atoms with Crippen molar-refractivity contribution in [1.82, 2.24) is 19.6 Å². The van der Waals surface area contributed by atoms with Gasteiger partial charge in [-0.2, -0.15) is 31.3 Å². The third-order valence-electron chi connectivity index (χ3n) is 4.08. The lowest BCUT2D eigenvalue weighted by atomic mass is 10.0. The van der Waals surface area contributed by atoms with Crippen LogP contribution >= 0.6 is 23.4 Å². The van der Waals surface area contributed by atoms with Crippen LogP contribution in [-0.2, 0) is 0 Å². The fourth-order valence-electron chi connectivity index (χ4n) is 2.96. The predicted molar refractivity (Wildman–Crippen MR) is 95.5 cm³/mol. The first-order valence-corrected chi connectivity index (χ1v) is 9.07. The standard InChI is InChI=1S/C16H16ClN5S/c1-11-4-2-3-5-12(11)13-14(17)20-16-18-10-19-22(16)15(13)21-6-8-23-9-7-21/h2-5,10H,6-9H2,1H3. The first-order valence-electron chi connectivity index (χ1n) is 7.53. The van der Waals surface area contributed by atoms with Crippen molar-refractivity contribution in [2.24, 2.45) is 0 Å². The Morgan fingerprint density at radius 2 is 1.96 bits per heavy atom. The van der Waals surface area contributed by atoms with Crippen molar-refractivity contribution in [3.8, 4) is 11.1 Å². The smallest absolute Gasteiger partial charge is 0.255 e. The number of nitrogens with zero attached hydrogens (tertiary/aromatic N) is 5. The molecule has 5 nitrogen and oxygen atoms in total. The molecular formula is C16H16ClN5S. The number of rotatable bonds is 2. The predicted octanol–water partition coefficient (Wildman–Crippen LogP) is 3.31. The Hall–Kier alpha value is -1.79. The van der Waals surface area contributed by atoms with Crippen molar-refractivity contribution >= 4 is 35.0 Å². The van der Waals surface area contributed by atoms with Gasteiger partial charge in [-0.25, -0.2) is 0 Å². The summed E-state index contributed by atoms with van der Waals surface area (Å²) in [5.41, 5.74) is 3.20. The molecule has 0 spiro atoms. The van der Waals surface area contributed by atoms with Gasteiger partial charge in [-0.1, -0.05) is 35.9 Å². The number of benzene rings is 1. The number of hydrogen-bond acceptors (Lipinski definition) is 5. The Morgan fingerprint density at radius 1 is 1.17 bits per heavy atom. The Labute approximate surface area is 143 Å². The third-order valence-corrected chi connectivity index (χ3v) is 5.30. The van der Waals surface area contributed by atoms with Gasteiger partial charge in [0.2, 0.25) is 0 Å². The fraction of sp³-hybridized carbons (Fsp3) is 0.312. The van der Waals surface area contributed by atoms with Gasteiger partial charge < -0.3 is 4.90 Å². The summed E-state index contributed by atoms with van der Waals surface area (Å²) in [6.45, 7) is 4.03. The van der Waals surface area contributed by atoms with E-state index in [9.17, 15) is 0 Å². The van der Waals surface area contributed by atoms with Gasteiger partial charge >= 0.3 is 0 Å². The quantitative estimate of drug-likeness (QED) is 0.667. The van der Waals surface area contributed by atoms with Gasteiger partial charge in [0.15, 0.2) is 0 Å². The summed E-state index contributed by atoms with van der Waals surface area (Å²) in [7, 11) is 0. The maximum atomic E-state index is 6.57. The van der Waals surface area contributed by atoms with Crippen LogP contribution in [0.25, 0.3) is 16.9 Å². The molecule has 3 aromatic rings. The molecule has 7 heteroatoms. The number of aryl methyl sites for hydroxylation is 1. The Morgan fingerprint density at radius 3 is 2.74 bits per heavy atom. The van der Waals surface area contributed by atoms with E-state index in [1.807, 2.05) is 28.4 Å². The molecule has 1 aromatic carbocycles. The molecule has 0 aliphatic carbocycles. The van der Waals surface area contributed by atoms with E-state index in [2.05, 4.69) is 39.0 Å². The monoisotopic (exact) mass is 345 g/mol. The second-order valence-electron chi connectivity index (χ2n) is 5.49. The molecule has 1 aliphatic heterocycles. The van der Waals surface area contributed by atoms with Crippen LogP contribution in [0.5, 0.6) is 0 Å². The number of anilines is 1. The average Bonchev–Trinajstić information content (AvgIpc) is 3.03. The molecule has 0 atom stereocenters. The number of fused-ring (bicyclic) bond motifs is 1. The number of thioether (sulfide) groups is 1. The highest BCUT2D eigenvalue weighted by Crippen LogP contribution is 2.38. The second-order valence-corrected chi connectivity index (χ2v) is 7.07. The van der Waals surface area contributed by atoms with Crippen molar-refractivity contribution in [2.75, 3.05) is 29.5 Å². The van der Waals surface area contributed by atoms with Crippen molar-refractivity contribution in [2.45, 2.75) is 6.92 Å². The summed E-state index contributed by atoms with van der Waals surface area (Å²) in [6.07, 6.45) is 1.53. The van der Waals surface area contributed by atoms with E-state index in [-0.39, 0.29) is 0 Å². The maximum absolute atomic E-state index is 6.57. The van der Waals surface area contributed by atoms with Gasteiger partial charge in [-0.15, -0.1) is 0 Å². The molecule has 0 amide bonds. The van der Waals surface area contributed by atoms with Crippen molar-refractivity contribution in [3.63, 3.8) is 0 Å². The first-order chi connectivity index (χ1) is 11.3. The Bertz CT molecular complexity index is 857. The SMILES string of the molecule is Cc1ccccc1-c1c(Cl)nc2ncnn2c1N1CCSCC1. The van der Waals surface area contributed by atoms with Crippen LogP contribution in [0.1, 0.15) is 5.56 Å². The molecule has 0 N–H and O–H groups in total. The zero-order chi connectivity index (χ0) is 15.8. The van der Waals surface area contributed by atoms with Gasteiger partial charge in [0, 0.05) is 24.6 Å². The molecule has 23 heavy (non-hydrogen) atoms. The highest BCUT2D eigenvalue weighted by Gasteiger charge is 2.24. The normalized spacial score (nSPS) is 15.3. The van der Waals surface area contributed by atoms with Crippen LogP contribution < -0.4 is 4.90 Å². The summed E-state index contributed by atoms with van der Waals surface area (Å²) in [5, 5.41) is 4.87. The summed E-state index contributed by atoms with van der Waals surface area (Å²) in [4.78, 5) is 11.0. The lowest BCUT2D eigenvalue weighted by Crippen LogP contribution is -2.34. The van der Waals surface area contributed by atoms with E-state index < -0.39 is 0 Å². The van der Waals surface area contributed by atoms with Gasteiger partial charge in [0.1, 0.15) is 17.3 Å². The second kappa shape index (κ2) is 6.02. The van der Waals surface area contributed by atoms with Gasteiger partial charge in [-0.05, 0) is 18.1 Å². The number of halogens is 1. The molecule has 1 fully saturated rings. The van der Waals surface area contributed by atoms with E-state index in [0.29, 0.717) is 10.9 Å². The molecule has 2 aromatic heterocycles. The highest BCUT2D eigenvalue weighted by molar-refractivity contribution is 7.99. The van der Waals surface area contributed by atoms with Gasteiger partial charge in [-0.3, -0.25) is 0 Å². The lowest BCUT2D eigenvalue weighted by Gasteiger charge is -2.30. The van der Waals surface area contributed by atoms with Crippen molar-refractivity contribution in [3.05, 3.63) is 41.3 Å². The van der Waals surface area contributed by atoms with Crippen molar-refractivity contribution in [1.29, 1.82) is 0 Å². The van der Waals surface area contributed by atoms with Crippen LogP contribution in [0, 0.1) is 6.92 Å². The van der Waals surface area contributed by atoms with Crippen LogP contribution in [0.2, 0.25) is 5.15 Å². The molecule has 0 unspecified atom stereocenters. The van der Waals surface area contributed by atoms with E-state index in [1.165, 1.54) is 11.9 Å². The van der Waals surface area contributed by atoms with E-state index in [4.69, 9.17) is 11.6 Å². The van der Waals surface area contributed by atoms with Crippen LogP contribution in [0.3, 0.4) is 0 Å². The summed E-state index contributed by atoms with van der Waals surface area (Å²) in [6, 6.07) is 8.24. The maximum Gasteiger partial charge on any atom is 0.255 e. The Kier molecular flexibility index (Phi) is 3.87. The minimum atomic E-state index is 0.480. The largest absolute Gasteiger partial charge is 0.354 e. The third kappa shape index (κ3) is 2.56. The number of hydrogen-bond donors (Lipinski definition) is 0. The summed E-state index contributed by atoms with van der Waals surface area (Å²) < 4.78 is 1.81. The average molecular weight is 346 g/mol. The van der Waals surface area contributed by atoms with Gasteiger partial charge in [0.25, 0.3) is 5.78 Å². The molecule has 0 bridgehead atoms. The molecule has 118 valence electrons. The molecule has 3 heterocycles. The zero-order valence-corrected chi connectivity index (χ0v) is 14.3. The molecular weight excluding hydrogens is 330 g/mol. The number of aromatic nitrogens is 4. The van der Waals surface area contributed by atoms with Crippen LogP contribution in [0.15, 0.2) is 30.6 Å². The first kappa shape index (κ1) is 14.8. The topological polar surface area (TPSA) is 46.3 Å². The summed E-state index contributed by atoms with van der Waals surface area (Å²) in [5.74, 6) is 3.74. The lowest BCUT2D eigenvalue weighted by molar-refractivity contribution is 0.797.